The molecule has 2 aliphatic rings. The Kier molecular flexibility index (Phi) is 1.84. The molecule has 2 nitrogen and oxygen atoms in total. The maximum Gasteiger partial charge on any atom is 0.157 e. The van der Waals surface area contributed by atoms with Gasteiger partial charge in [0, 0.05) is 12.5 Å². The van der Waals surface area contributed by atoms with Gasteiger partial charge in [-0.25, -0.2) is 0 Å². The molecule has 0 aromatic heterocycles. The number of fused-ring (bicyclic) bond motifs is 2. The van der Waals surface area contributed by atoms with E-state index in [1.807, 2.05) is 6.92 Å². The van der Waals surface area contributed by atoms with Gasteiger partial charge in [-0.05, 0) is 38.5 Å². The molecular formula is C10H15NO. The van der Waals surface area contributed by atoms with Crippen molar-refractivity contribution in [2.75, 3.05) is 6.61 Å². The molecule has 2 saturated carbocycles. The molecule has 0 radical (unpaired) electrons. The molecule has 3 unspecified atom stereocenters. The van der Waals surface area contributed by atoms with Crippen molar-refractivity contribution in [1.82, 2.24) is 0 Å². The second kappa shape index (κ2) is 2.74. The van der Waals surface area contributed by atoms with Crippen LogP contribution in [0.2, 0.25) is 0 Å². The Morgan fingerprint density at radius 2 is 2.42 bits per heavy atom. The number of rotatable bonds is 2. The Morgan fingerprint density at radius 3 is 2.83 bits per heavy atom. The monoisotopic (exact) mass is 165 g/mol. The van der Waals surface area contributed by atoms with Gasteiger partial charge in [0.05, 0.1) is 6.07 Å². The van der Waals surface area contributed by atoms with Crippen LogP contribution in [0.5, 0.6) is 0 Å². The van der Waals surface area contributed by atoms with Crippen molar-refractivity contribution in [3.8, 4) is 6.07 Å². The maximum absolute atomic E-state index is 9.09. The Bertz CT molecular complexity index is 220. The van der Waals surface area contributed by atoms with Crippen LogP contribution in [0.1, 0.15) is 32.6 Å². The number of nitrogens with zero attached hydrogens (tertiary/aromatic N) is 1. The van der Waals surface area contributed by atoms with E-state index in [9.17, 15) is 0 Å². The minimum atomic E-state index is -0.391. The first-order valence-corrected chi connectivity index (χ1v) is 4.86. The third-order valence-electron chi connectivity index (χ3n) is 3.38. The predicted molar refractivity (Wildman–Crippen MR) is 45.4 cm³/mol. The van der Waals surface area contributed by atoms with E-state index in [2.05, 4.69) is 6.07 Å². The molecular weight excluding hydrogens is 150 g/mol. The van der Waals surface area contributed by atoms with Crippen LogP contribution in [0.15, 0.2) is 0 Å². The molecule has 0 N–H and O–H groups in total. The highest BCUT2D eigenvalue weighted by molar-refractivity contribution is 5.14. The van der Waals surface area contributed by atoms with Gasteiger partial charge < -0.3 is 4.74 Å². The Morgan fingerprint density at radius 1 is 1.58 bits per heavy atom. The van der Waals surface area contributed by atoms with E-state index in [0.29, 0.717) is 12.5 Å². The van der Waals surface area contributed by atoms with Gasteiger partial charge in [-0.15, -0.1) is 0 Å². The summed E-state index contributed by atoms with van der Waals surface area (Å²) in [6.07, 6.45) is 4.75. The first-order chi connectivity index (χ1) is 5.80. The molecule has 0 amide bonds. The zero-order valence-corrected chi connectivity index (χ0v) is 7.55. The molecule has 2 fully saturated rings. The quantitative estimate of drug-likeness (QED) is 0.627. The lowest BCUT2D eigenvalue weighted by Crippen LogP contribution is -2.36. The van der Waals surface area contributed by atoms with Crippen LogP contribution in [0, 0.1) is 23.2 Å². The van der Waals surface area contributed by atoms with Crippen LogP contribution in [0.4, 0.5) is 0 Å². The second-order valence-electron chi connectivity index (χ2n) is 4.01. The molecule has 2 bridgehead atoms. The fraction of sp³-hybridized carbons (Fsp3) is 0.900. The highest BCUT2D eigenvalue weighted by atomic mass is 16.5. The van der Waals surface area contributed by atoms with E-state index in [0.717, 1.165) is 12.3 Å². The van der Waals surface area contributed by atoms with Crippen molar-refractivity contribution in [3.05, 3.63) is 0 Å². The van der Waals surface area contributed by atoms with Gasteiger partial charge in [-0.2, -0.15) is 5.26 Å². The summed E-state index contributed by atoms with van der Waals surface area (Å²) in [5, 5.41) is 9.09. The average molecular weight is 165 g/mol. The lowest BCUT2D eigenvalue weighted by molar-refractivity contribution is -0.0339. The molecule has 0 spiro atoms. The largest absolute Gasteiger partial charge is 0.360 e. The van der Waals surface area contributed by atoms with Crippen LogP contribution in [-0.4, -0.2) is 12.2 Å². The highest BCUT2D eigenvalue weighted by Crippen LogP contribution is 2.52. The molecule has 0 saturated heterocycles. The second-order valence-corrected chi connectivity index (χ2v) is 4.01. The Labute approximate surface area is 73.5 Å². The summed E-state index contributed by atoms with van der Waals surface area (Å²) in [7, 11) is 0. The normalized spacial score (nSPS) is 44.7. The van der Waals surface area contributed by atoms with Crippen LogP contribution in [0.25, 0.3) is 0 Å². The molecule has 12 heavy (non-hydrogen) atoms. The topological polar surface area (TPSA) is 33.0 Å². The zero-order valence-electron chi connectivity index (χ0n) is 7.55. The summed E-state index contributed by atoms with van der Waals surface area (Å²) in [6, 6.07) is 2.39. The molecule has 66 valence electrons. The number of hydrogen-bond acceptors (Lipinski definition) is 2. The van der Waals surface area contributed by atoms with Crippen LogP contribution in [0.3, 0.4) is 0 Å². The van der Waals surface area contributed by atoms with Gasteiger partial charge >= 0.3 is 0 Å². The molecule has 0 aliphatic heterocycles. The van der Waals surface area contributed by atoms with Crippen molar-refractivity contribution >= 4 is 0 Å². The van der Waals surface area contributed by atoms with E-state index in [1.54, 1.807) is 0 Å². The fourth-order valence-electron chi connectivity index (χ4n) is 2.88. The number of hydrogen-bond donors (Lipinski definition) is 0. The summed E-state index contributed by atoms with van der Waals surface area (Å²) in [6.45, 7) is 2.65. The van der Waals surface area contributed by atoms with Crippen molar-refractivity contribution in [2.24, 2.45) is 11.8 Å². The maximum atomic E-state index is 9.09. The lowest BCUT2D eigenvalue weighted by atomic mass is 9.85. The van der Waals surface area contributed by atoms with E-state index in [-0.39, 0.29) is 0 Å². The first kappa shape index (κ1) is 8.07. The predicted octanol–water partition coefficient (Wildman–Crippen LogP) is 2.11. The molecule has 0 aromatic carbocycles. The van der Waals surface area contributed by atoms with Gasteiger partial charge in [0.1, 0.15) is 0 Å². The molecule has 2 aliphatic carbocycles. The highest BCUT2D eigenvalue weighted by Gasteiger charge is 2.52. The summed E-state index contributed by atoms with van der Waals surface area (Å²) in [5.41, 5.74) is -0.391. The molecule has 0 aromatic rings. The summed E-state index contributed by atoms with van der Waals surface area (Å²) < 4.78 is 5.61. The Hall–Kier alpha value is -0.550. The van der Waals surface area contributed by atoms with Gasteiger partial charge in [0.25, 0.3) is 0 Å². The standard InChI is InChI=1S/C10H15NO/c1-2-12-10(7-11)6-8-3-4-9(10)5-8/h8-9H,2-6H2,1H3. The third kappa shape index (κ3) is 0.964. The van der Waals surface area contributed by atoms with Crippen LogP contribution in [-0.2, 0) is 4.74 Å². The smallest absolute Gasteiger partial charge is 0.157 e. The van der Waals surface area contributed by atoms with Crippen LogP contribution >= 0.6 is 0 Å². The van der Waals surface area contributed by atoms with Gasteiger partial charge in [-0.1, -0.05) is 0 Å². The number of ether oxygens (including phenoxy) is 1. The minimum Gasteiger partial charge on any atom is -0.360 e. The van der Waals surface area contributed by atoms with Gasteiger partial charge in [0.2, 0.25) is 0 Å². The van der Waals surface area contributed by atoms with E-state index in [4.69, 9.17) is 10.00 Å². The summed E-state index contributed by atoms with van der Waals surface area (Å²) in [5.74, 6) is 1.31. The third-order valence-corrected chi connectivity index (χ3v) is 3.38. The summed E-state index contributed by atoms with van der Waals surface area (Å²) in [4.78, 5) is 0. The van der Waals surface area contributed by atoms with Gasteiger partial charge in [-0.3, -0.25) is 0 Å². The molecule has 0 heterocycles. The molecule has 3 atom stereocenters. The summed E-state index contributed by atoms with van der Waals surface area (Å²) >= 11 is 0. The van der Waals surface area contributed by atoms with E-state index < -0.39 is 5.60 Å². The molecule has 2 rings (SSSR count). The fourth-order valence-corrected chi connectivity index (χ4v) is 2.88. The molecule has 2 heteroatoms. The van der Waals surface area contributed by atoms with Crippen molar-refractivity contribution < 1.29 is 4.74 Å². The minimum absolute atomic E-state index is 0.391. The van der Waals surface area contributed by atoms with E-state index >= 15 is 0 Å². The van der Waals surface area contributed by atoms with E-state index in [1.165, 1.54) is 19.3 Å². The first-order valence-electron chi connectivity index (χ1n) is 4.86. The van der Waals surface area contributed by atoms with Crippen LogP contribution < -0.4 is 0 Å². The lowest BCUT2D eigenvalue weighted by Gasteiger charge is -2.30. The SMILES string of the molecule is CCOC1(C#N)CC2CCC1C2. The van der Waals surface area contributed by atoms with Crippen molar-refractivity contribution in [2.45, 2.75) is 38.2 Å². The number of nitriles is 1. The van der Waals surface area contributed by atoms with Crippen molar-refractivity contribution in [1.29, 1.82) is 5.26 Å². The van der Waals surface area contributed by atoms with Crippen molar-refractivity contribution in [3.63, 3.8) is 0 Å². The average Bonchev–Trinajstić information content (AvgIpc) is 2.64. The zero-order chi connectivity index (χ0) is 8.60. The Balaban J connectivity index is 2.15. The van der Waals surface area contributed by atoms with Gasteiger partial charge in [0.15, 0.2) is 5.60 Å².